The fourth-order valence-electron chi connectivity index (χ4n) is 1.08. The van der Waals surface area contributed by atoms with E-state index in [1.807, 2.05) is 6.92 Å². The molecule has 1 aromatic rings. The van der Waals surface area contributed by atoms with Crippen LogP contribution in [0, 0.1) is 6.92 Å². The molecule has 1 atom stereocenters. The molecule has 0 amide bonds. The quantitative estimate of drug-likeness (QED) is 0.754. The van der Waals surface area contributed by atoms with Crippen molar-refractivity contribution in [2.24, 2.45) is 0 Å². The molecular weight excluding hydrogens is 223 g/mol. The Morgan fingerprint density at radius 1 is 1.29 bits per heavy atom. The van der Waals surface area contributed by atoms with Crippen molar-refractivity contribution in [2.45, 2.75) is 26.4 Å². The minimum Gasteiger partial charge on any atom is -0.373 e. The predicted molar refractivity (Wildman–Crippen MR) is 56.8 cm³/mol. The monoisotopic (exact) mass is 234 g/mol. The molecule has 1 heterocycles. The van der Waals surface area contributed by atoms with Crippen molar-refractivity contribution in [1.82, 2.24) is 9.97 Å². The zero-order valence-corrected chi connectivity index (χ0v) is 9.85. The molecular formula is C9H12Cl2N2O. The summed E-state index contributed by atoms with van der Waals surface area (Å²) in [6.07, 6.45) is 0.636. The first-order chi connectivity index (χ1) is 6.60. The van der Waals surface area contributed by atoms with Crippen molar-refractivity contribution >= 4 is 23.2 Å². The molecule has 0 N–H and O–H groups in total. The van der Waals surface area contributed by atoms with E-state index in [2.05, 4.69) is 9.97 Å². The van der Waals surface area contributed by atoms with E-state index in [-0.39, 0.29) is 6.10 Å². The molecule has 0 radical (unpaired) electrons. The molecule has 0 spiro atoms. The fraction of sp³-hybridized carbons (Fsp3) is 0.556. The number of hydrogen-bond donors (Lipinski definition) is 0. The Balaban J connectivity index is 3.11. The van der Waals surface area contributed by atoms with E-state index in [1.54, 1.807) is 14.0 Å². The number of ether oxygens (including phenoxy) is 1. The third kappa shape index (κ3) is 2.35. The van der Waals surface area contributed by atoms with E-state index in [1.165, 1.54) is 0 Å². The van der Waals surface area contributed by atoms with E-state index < -0.39 is 0 Å². The number of hydrogen-bond acceptors (Lipinski definition) is 3. The molecule has 0 saturated carbocycles. The molecule has 0 fully saturated rings. The van der Waals surface area contributed by atoms with Gasteiger partial charge in [0.15, 0.2) is 5.82 Å². The Bertz CT molecular complexity index is 304. The lowest BCUT2D eigenvalue weighted by atomic mass is 10.2. The number of methoxy groups -OCH3 is 1. The summed E-state index contributed by atoms with van der Waals surface area (Å²) < 4.78 is 5.19. The van der Waals surface area contributed by atoms with Crippen LogP contribution in [0.2, 0.25) is 10.3 Å². The van der Waals surface area contributed by atoms with E-state index in [0.29, 0.717) is 21.7 Å². The zero-order valence-electron chi connectivity index (χ0n) is 8.34. The molecule has 14 heavy (non-hydrogen) atoms. The van der Waals surface area contributed by atoms with Gasteiger partial charge in [0.2, 0.25) is 0 Å². The molecule has 0 aromatic carbocycles. The third-order valence-corrected chi connectivity index (χ3v) is 2.72. The largest absolute Gasteiger partial charge is 0.373 e. The van der Waals surface area contributed by atoms with Gasteiger partial charge in [0.1, 0.15) is 16.4 Å². The maximum atomic E-state index is 5.89. The summed E-state index contributed by atoms with van der Waals surface area (Å²) in [5.74, 6) is 0.538. The third-order valence-electron chi connectivity index (χ3n) is 1.99. The SMILES string of the molecule is CCC(OC)c1nc(Cl)c(C)c(Cl)n1. The molecule has 3 nitrogen and oxygen atoms in total. The highest BCUT2D eigenvalue weighted by atomic mass is 35.5. The summed E-state index contributed by atoms with van der Waals surface area (Å²) in [6.45, 7) is 3.77. The van der Waals surface area contributed by atoms with Crippen LogP contribution >= 0.6 is 23.2 Å². The van der Waals surface area contributed by atoms with Crippen LogP contribution in [0.4, 0.5) is 0 Å². The van der Waals surface area contributed by atoms with Crippen LogP contribution in [0.25, 0.3) is 0 Å². The zero-order chi connectivity index (χ0) is 10.7. The van der Waals surface area contributed by atoms with Crippen LogP contribution in [-0.4, -0.2) is 17.1 Å². The number of nitrogens with zero attached hydrogens (tertiary/aromatic N) is 2. The highest BCUT2D eigenvalue weighted by molar-refractivity contribution is 6.34. The van der Waals surface area contributed by atoms with E-state index in [0.717, 1.165) is 6.42 Å². The van der Waals surface area contributed by atoms with Gasteiger partial charge in [0.25, 0.3) is 0 Å². The normalized spacial score (nSPS) is 12.9. The summed E-state index contributed by atoms with van der Waals surface area (Å²) in [5.41, 5.74) is 0.697. The van der Waals surface area contributed by atoms with Gasteiger partial charge in [-0.05, 0) is 13.3 Å². The van der Waals surface area contributed by atoms with Gasteiger partial charge in [0, 0.05) is 12.7 Å². The summed E-state index contributed by atoms with van der Waals surface area (Å²) in [6, 6.07) is 0. The molecule has 0 aliphatic carbocycles. The molecule has 1 aromatic heterocycles. The first kappa shape index (κ1) is 11.7. The Labute approximate surface area is 93.4 Å². The minimum absolute atomic E-state index is 0.148. The second-order valence-electron chi connectivity index (χ2n) is 2.92. The number of aromatic nitrogens is 2. The Kier molecular flexibility index (Phi) is 4.11. The van der Waals surface area contributed by atoms with E-state index in [4.69, 9.17) is 27.9 Å². The molecule has 5 heteroatoms. The molecule has 0 bridgehead atoms. The predicted octanol–water partition coefficient (Wildman–Crippen LogP) is 3.19. The van der Waals surface area contributed by atoms with E-state index in [9.17, 15) is 0 Å². The van der Waals surface area contributed by atoms with Crippen molar-refractivity contribution in [3.8, 4) is 0 Å². The van der Waals surface area contributed by atoms with Crippen LogP contribution < -0.4 is 0 Å². The highest BCUT2D eigenvalue weighted by Crippen LogP contribution is 2.24. The maximum Gasteiger partial charge on any atom is 0.160 e. The van der Waals surface area contributed by atoms with Crippen molar-refractivity contribution < 1.29 is 4.74 Å². The standard InChI is InChI=1S/C9H12Cl2N2O/c1-4-6(14-3)9-12-7(10)5(2)8(11)13-9/h6H,4H2,1-3H3. The minimum atomic E-state index is -0.148. The Hall–Kier alpha value is -0.380. The molecule has 0 saturated heterocycles. The molecule has 78 valence electrons. The topological polar surface area (TPSA) is 35.0 Å². The highest BCUT2D eigenvalue weighted by Gasteiger charge is 2.15. The number of halogens is 2. The lowest BCUT2D eigenvalue weighted by Gasteiger charge is -2.12. The first-order valence-corrected chi connectivity index (χ1v) is 5.08. The van der Waals surface area contributed by atoms with Gasteiger partial charge in [-0.15, -0.1) is 0 Å². The smallest absolute Gasteiger partial charge is 0.160 e. The molecule has 0 aliphatic rings. The van der Waals surface area contributed by atoms with Gasteiger partial charge in [0.05, 0.1) is 0 Å². The lowest BCUT2D eigenvalue weighted by Crippen LogP contribution is -2.07. The van der Waals surface area contributed by atoms with Gasteiger partial charge in [-0.2, -0.15) is 0 Å². The summed E-state index contributed by atoms with van der Waals surface area (Å²) in [4.78, 5) is 8.24. The molecule has 1 rings (SSSR count). The Morgan fingerprint density at radius 2 is 1.79 bits per heavy atom. The second kappa shape index (κ2) is 4.91. The Morgan fingerprint density at radius 3 is 2.14 bits per heavy atom. The van der Waals surface area contributed by atoms with Gasteiger partial charge in [-0.1, -0.05) is 30.1 Å². The van der Waals surface area contributed by atoms with Crippen molar-refractivity contribution in [3.05, 3.63) is 21.7 Å². The van der Waals surface area contributed by atoms with Gasteiger partial charge in [-0.25, -0.2) is 9.97 Å². The van der Waals surface area contributed by atoms with Crippen molar-refractivity contribution in [2.75, 3.05) is 7.11 Å². The van der Waals surface area contributed by atoms with Gasteiger partial charge < -0.3 is 4.74 Å². The average molecular weight is 235 g/mol. The maximum absolute atomic E-state index is 5.89. The molecule has 1 unspecified atom stereocenters. The summed E-state index contributed by atoms with van der Waals surface area (Å²) >= 11 is 11.8. The van der Waals surface area contributed by atoms with E-state index >= 15 is 0 Å². The summed E-state index contributed by atoms with van der Waals surface area (Å²) in [5, 5.41) is 0.769. The van der Waals surface area contributed by atoms with Crippen molar-refractivity contribution in [3.63, 3.8) is 0 Å². The molecule has 0 aliphatic heterocycles. The van der Waals surface area contributed by atoms with Crippen LogP contribution in [0.3, 0.4) is 0 Å². The second-order valence-corrected chi connectivity index (χ2v) is 3.64. The number of rotatable bonds is 3. The first-order valence-electron chi connectivity index (χ1n) is 4.32. The lowest BCUT2D eigenvalue weighted by molar-refractivity contribution is 0.0926. The fourth-order valence-corrected chi connectivity index (χ4v) is 1.48. The average Bonchev–Trinajstić information content (AvgIpc) is 2.16. The van der Waals surface area contributed by atoms with Crippen LogP contribution in [-0.2, 0) is 4.74 Å². The van der Waals surface area contributed by atoms with Crippen molar-refractivity contribution in [1.29, 1.82) is 0 Å². The summed E-state index contributed by atoms with van der Waals surface area (Å²) in [7, 11) is 1.61. The van der Waals surface area contributed by atoms with Crippen LogP contribution in [0.1, 0.15) is 30.8 Å². The van der Waals surface area contributed by atoms with Gasteiger partial charge >= 0.3 is 0 Å². The van der Waals surface area contributed by atoms with Gasteiger partial charge in [-0.3, -0.25) is 0 Å². The van der Waals surface area contributed by atoms with Crippen LogP contribution in [0.15, 0.2) is 0 Å². The van der Waals surface area contributed by atoms with Crippen LogP contribution in [0.5, 0.6) is 0 Å².